The monoisotopic (exact) mass is 374 g/mol. The van der Waals surface area contributed by atoms with Crippen molar-refractivity contribution in [3.05, 3.63) is 59.7 Å². The minimum Gasteiger partial charge on any atom is -0.324 e. The molecule has 0 aliphatic heterocycles. The quantitative estimate of drug-likeness (QED) is 0.805. The Bertz CT molecular complexity index is 844. The first-order valence-corrected chi connectivity index (χ1v) is 10.6. The van der Waals surface area contributed by atoms with Crippen LogP contribution >= 0.6 is 0 Å². The molecular weight excluding hydrogens is 348 g/mol. The van der Waals surface area contributed by atoms with Gasteiger partial charge >= 0.3 is 0 Å². The van der Waals surface area contributed by atoms with Gasteiger partial charge in [0.25, 0.3) is 0 Å². The predicted octanol–water partition coefficient (Wildman–Crippen LogP) is 3.60. The summed E-state index contributed by atoms with van der Waals surface area (Å²) >= 11 is 0. The Labute approximate surface area is 156 Å². The van der Waals surface area contributed by atoms with Gasteiger partial charge in [-0.05, 0) is 55.2 Å². The molecule has 0 saturated heterocycles. The first-order valence-electron chi connectivity index (χ1n) is 8.74. The molecule has 0 heterocycles. The molecule has 0 aromatic heterocycles. The van der Waals surface area contributed by atoms with Crippen molar-refractivity contribution in [1.82, 2.24) is 0 Å². The van der Waals surface area contributed by atoms with Crippen LogP contribution < -0.4 is 9.62 Å². The van der Waals surface area contributed by atoms with Crippen LogP contribution in [0.5, 0.6) is 0 Å². The van der Waals surface area contributed by atoms with Gasteiger partial charge in [0.15, 0.2) is 0 Å². The van der Waals surface area contributed by atoms with E-state index in [2.05, 4.69) is 12.2 Å². The minimum atomic E-state index is -3.61. The van der Waals surface area contributed by atoms with Gasteiger partial charge in [0.2, 0.25) is 15.9 Å². The summed E-state index contributed by atoms with van der Waals surface area (Å²) in [5, 5.41) is 2.79. The van der Waals surface area contributed by atoms with Gasteiger partial charge < -0.3 is 5.32 Å². The molecule has 0 aliphatic carbocycles. The van der Waals surface area contributed by atoms with Crippen LogP contribution in [-0.2, 0) is 27.7 Å². The van der Waals surface area contributed by atoms with E-state index in [9.17, 15) is 13.2 Å². The topological polar surface area (TPSA) is 66.5 Å². The minimum absolute atomic E-state index is 0.376. The lowest BCUT2D eigenvalue weighted by molar-refractivity contribution is -0.116. The molecule has 0 aliphatic rings. The van der Waals surface area contributed by atoms with Crippen LogP contribution in [-0.4, -0.2) is 26.6 Å². The average Bonchev–Trinajstić information content (AvgIpc) is 2.61. The Hall–Kier alpha value is -2.34. The van der Waals surface area contributed by atoms with Crippen LogP contribution in [0.4, 0.5) is 11.4 Å². The standard InChI is InChI=1S/C20H26N2O3S/c1-5-16-7-11-18(12-8-16)21-20(23)15(3)22(26(4,24)25)19-13-9-17(6-2)10-14-19/h7-15H,5-6H2,1-4H3,(H,21,23). The first-order chi connectivity index (χ1) is 12.3. The Morgan fingerprint density at radius 2 is 1.42 bits per heavy atom. The third-order valence-electron chi connectivity index (χ3n) is 4.32. The third-order valence-corrected chi connectivity index (χ3v) is 5.56. The van der Waals surface area contributed by atoms with Crippen LogP contribution in [0.2, 0.25) is 0 Å². The second kappa shape index (κ2) is 8.36. The van der Waals surface area contributed by atoms with E-state index in [1.54, 1.807) is 19.1 Å². The summed E-state index contributed by atoms with van der Waals surface area (Å²) in [6.45, 7) is 5.68. The lowest BCUT2D eigenvalue weighted by Crippen LogP contribution is -2.45. The van der Waals surface area contributed by atoms with Gasteiger partial charge in [0, 0.05) is 5.69 Å². The molecule has 2 rings (SSSR count). The molecule has 26 heavy (non-hydrogen) atoms. The fourth-order valence-electron chi connectivity index (χ4n) is 2.76. The SMILES string of the molecule is CCc1ccc(NC(=O)C(C)N(c2ccc(CC)cc2)S(C)(=O)=O)cc1. The van der Waals surface area contributed by atoms with E-state index < -0.39 is 16.1 Å². The fourth-order valence-corrected chi connectivity index (χ4v) is 3.93. The molecule has 1 atom stereocenters. The largest absolute Gasteiger partial charge is 0.324 e. The average molecular weight is 375 g/mol. The van der Waals surface area contributed by atoms with Gasteiger partial charge in [-0.3, -0.25) is 9.10 Å². The molecule has 0 radical (unpaired) electrons. The predicted molar refractivity (Wildman–Crippen MR) is 107 cm³/mol. The Kier molecular flexibility index (Phi) is 6.42. The molecule has 0 fully saturated rings. The van der Waals surface area contributed by atoms with E-state index >= 15 is 0 Å². The molecule has 5 nitrogen and oxygen atoms in total. The van der Waals surface area contributed by atoms with Crippen molar-refractivity contribution in [2.24, 2.45) is 0 Å². The molecule has 0 bridgehead atoms. The molecule has 1 unspecified atom stereocenters. The highest BCUT2D eigenvalue weighted by atomic mass is 32.2. The molecule has 6 heteroatoms. The highest BCUT2D eigenvalue weighted by molar-refractivity contribution is 7.92. The van der Waals surface area contributed by atoms with Crippen LogP contribution in [0, 0.1) is 0 Å². The number of hydrogen-bond donors (Lipinski definition) is 1. The Morgan fingerprint density at radius 3 is 1.85 bits per heavy atom. The Balaban J connectivity index is 2.24. The number of rotatable bonds is 7. The zero-order valence-corrected chi connectivity index (χ0v) is 16.5. The van der Waals surface area contributed by atoms with E-state index in [1.807, 2.05) is 43.3 Å². The summed E-state index contributed by atoms with van der Waals surface area (Å²) in [5.41, 5.74) is 3.41. The number of benzene rings is 2. The maximum atomic E-state index is 12.6. The van der Waals surface area contributed by atoms with Gasteiger partial charge in [-0.1, -0.05) is 38.1 Å². The molecule has 1 amide bonds. The molecule has 0 spiro atoms. The normalized spacial score (nSPS) is 12.5. The van der Waals surface area contributed by atoms with E-state index in [4.69, 9.17) is 0 Å². The van der Waals surface area contributed by atoms with Gasteiger partial charge in [-0.25, -0.2) is 8.42 Å². The highest BCUT2D eigenvalue weighted by Crippen LogP contribution is 2.22. The smallest absolute Gasteiger partial charge is 0.247 e. The highest BCUT2D eigenvalue weighted by Gasteiger charge is 2.29. The molecule has 140 valence electrons. The van der Waals surface area contributed by atoms with Gasteiger partial charge in [0.1, 0.15) is 6.04 Å². The number of sulfonamides is 1. The fraction of sp³-hybridized carbons (Fsp3) is 0.350. The summed E-state index contributed by atoms with van der Waals surface area (Å²) < 4.78 is 25.8. The summed E-state index contributed by atoms with van der Waals surface area (Å²) in [4.78, 5) is 12.6. The molecule has 1 N–H and O–H groups in total. The van der Waals surface area contributed by atoms with Crippen molar-refractivity contribution in [3.8, 4) is 0 Å². The lowest BCUT2D eigenvalue weighted by atomic mass is 10.1. The summed E-state index contributed by atoms with van der Waals surface area (Å²) in [7, 11) is -3.61. The van der Waals surface area contributed by atoms with Crippen LogP contribution in [0.1, 0.15) is 31.9 Å². The van der Waals surface area contributed by atoms with Crippen molar-refractivity contribution >= 4 is 27.3 Å². The van der Waals surface area contributed by atoms with Gasteiger partial charge in [-0.15, -0.1) is 0 Å². The lowest BCUT2D eigenvalue weighted by Gasteiger charge is -2.28. The van der Waals surface area contributed by atoms with E-state index in [0.717, 1.165) is 29.0 Å². The Morgan fingerprint density at radius 1 is 0.962 bits per heavy atom. The van der Waals surface area contributed by atoms with Crippen LogP contribution in [0.15, 0.2) is 48.5 Å². The molecule has 2 aromatic carbocycles. The zero-order chi connectivity index (χ0) is 19.3. The summed E-state index contributed by atoms with van der Waals surface area (Å²) in [5.74, 6) is -0.376. The number of aryl methyl sites for hydroxylation is 2. The second-order valence-electron chi connectivity index (χ2n) is 6.29. The maximum absolute atomic E-state index is 12.6. The number of nitrogens with one attached hydrogen (secondary N) is 1. The molecular formula is C20H26N2O3S. The third kappa shape index (κ3) is 4.85. The van der Waals surface area contributed by atoms with E-state index in [1.165, 1.54) is 5.56 Å². The zero-order valence-electron chi connectivity index (χ0n) is 15.7. The number of nitrogens with zero attached hydrogens (tertiary/aromatic N) is 1. The van der Waals surface area contributed by atoms with Gasteiger partial charge in [0.05, 0.1) is 11.9 Å². The van der Waals surface area contributed by atoms with Crippen molar-refractivity contribution < 1.29 is 13.2 Å². The molecule has 0 saturated carbocycles. The van der Waals surface area contributed by atoms with E-state index in [-0.39, 0.29) is 5.91 Å². The number of anilines is 2. The van der Waals surface area contributed by atoms with Crippen LogP contribution in [0.25, 0.3) is 0 Å². The van der Waals surface area contributed by atoms with E-state index in [0.29, 0.717) is 11.4 Å². The number of amides is 1. The second-order valence-corrected chi connectivity index (χ2v) is 8.15. The number of carbonyl (C=O) groups is 1. The van der Waals surface area contributed by atoms with Gasteiger partial charge in [-0.2, -0.15) is 0 Å². The van der Waals surface area contributed by atoms with Crippen molar-refractivity contribution in [2.45, 2.75) is 39.7 Å². The van der Waals surface area contributed by atoms with Crippen molar-refractivity contribution in [3.63, 3.8) is 0 Å². The number of hydrogen-bond acceptors (Lipinski definition) is 3. The van der Waals surface area contributed by atoms with Crippen LogP contribution in [0.3, 0.4) is 0 Å². The summed E-state index contributed by atoms with van der Waals surface area (Å²) in [6.07, 6.45) is 2.89. The molecule has 2 aromatic rings. The summed E-state index contributed by atoms with van der Waals surface area (Å²) in [6, 6.07) is 13.9. The number of carbonyl (C=O) groups excluding carboxylic acids is 1. The van der Waals surface area contributed by atoms with Crippen molar-refractivity contribution in [2.75, 3.05) is 15.9 Å². The first kappa shape index (κ1) is 20.0. The van der Waals surface area contributed by atoms with Crippen molar-refractivity contribution in [1.29, 1.82) is 0 Å². The maximum Gasteiger partial charge on any atom is 0.247 e.